The van der Waals surface area contributed by atoms with Gasteiger partial charge in [0.05, 0.1) is 6.10 Å². The van der Waals surface area contributed by atoms with Crippen molar-refractivity contribution in [2.24, 2.45) is 5.92 Å². The fourth-order valence-electron chi connectivity index (χ4n) is 2.39. The molecule has 0 radical (unpaired) electrons. The minimum Gasteiger partial charge on any atom is -0.368 e. The summed E-state index contributed by atoms with van der Waals surface area (Å²) in [6, 6.07) is 0. The Labute approximate surface area is 93.4 Å². The lowest BCUT2D eigenvalue weighted by Crippen LogP contribution is -2.30. The molecule has 0 bridgehead atoms. The largest absolute Gasteiger partial charge is 0.368 e. The third-order valence-electron chi connectivity index (χ3n) is 3.51. The van der Waals surface area contributed by atoms with Crippen molar-refractivity contribution in [2.45, 2.75) is 71.5 Å². The Hall–Kier alpha value is -0.370. The van der Waals surface area contributed by atoms with E-state index >= 15 is 0 Å². The van der Waals surface area contributed by atoms with Crippen LogP contribution in [0.5, 0.6) is 0 Å². The highest BCUT2D eigenvalue weighted by molar-refractivity contribution is 5.82. The number of carbonyl (C=O) groups excluding carboxylic acids is 1. The average Bonchev–Trinajstić information content (AvgIpc) is 2.28. The number of ether oxygens (including phenoxy) is 1. The van der Waals surface area contributed by atoms with E-state index in [-0.39, 0.29) is 11.9 Å². The second-order valence-electron chi connectivity index (χ2n) is 4.66. The lowest BCUT2D eigenvalue weighted by Gasteiger charge is -2.30. The number of rotatable bonds is 5. The molecule has 0 aromatic carbocycles. The number of hydrogen-bond acceptors (Lipinski definition) is 2. The summed E-state index contributed by atoms with van der Waals surface area (Å²) >= 11 is 0. The van der Waals surface area contributed by atoms with Crippen molar-refractivity contribution < 1.29 is 9.53 Å². The van der Waals surface area contributed by atoms with Crippen LogP contribution in [-0.4, -0.2) is 18.0 Å². The van der Waals surface area contributed by atoms with Crippen molar-refractivity contribution in [1.29, 1.82) is 0 Å². The number of Topliss-reactive ketones (excluding diaryl/α,β-unsaturated/α-hetero) is 1. The summed E-state index contributed by atoms with van der Waals surface area (Å²) in [6.07, 6.45) is 6.85. The SMILES string of the molecule is CCC(=O)C(C)OC1CCCC(CC)C1. The Morgan fingerprint density at radius 2 is 2.13 bits per heavy atom. The van der Waals surface area contributed by atoms with Crippen LogP contribution in [0.4, 0.5) is 0 Å². The van der Waals surface area contributed by atoms with Crippen LogP contribution in [0.3, 0.4) is 0 Å². The molecular formula is C13H24O2. The summed E-state index contributed by atoms with van der Waals surface area (Å²) in [5, 5.41) is 0. The lowest BCUT2D eigenvalue weighted by molar-refractivity contribution is -0.134. The summed E-state index contributed by atoms with van der Waals surface area (Å²) in [4.78, 5) is 11.4. The van der Waals surface area contributed by atoms with E-state index in [1.807, 2.05) is 13.8 Å². The molecule has 3 atom stereocenters. The van der Waals surface area contributed by atoms with Crippen molar-refractivity contribution in [1.82, 2.24) is 0 Å². The van der Waals surface area contributed by atoms with Crippen LogP contribution in [0.2, 0.25) is 0 Å². The Kier molecular flexibility index (Phi) is 5.30. The molecule has 3 unspecified atom stereocenters. The summed E-state index contributed by atoms with van der Waals surface area (Å²) in [7, 11) is 0. The molecule has 0 aliphatic heterocycles. The van der Waals surface area contributed by atoms with Gasteiger partial charge in [-0.15, -0.1) is 0 Å². The third-order valence-corrected chi connectivity index (χ3v) is 3.51. The Balaban J connectivity index is 2.34. The molecule has 1 aliphatic carbocycles. The summed E-state index contributed by atoms with van der Waals surface area (Å²) in [5.74, 6) is 1.04. The summed E-state index contributed by atoms with van der Waals surface area (Å²) in [6.45, 7) is 6.03. The van der Waals surface area contributed by atoms with E-state index in [4.69, 9.17) is 4.74 Å². The quantitative estimate of drug-likeness (QED) is 0.698. The van der Waals surface area contributed by atoms with Crippen LogP contribution in [0, 0.1) is 5.92 Å². The van der Waals surface area contributed by atoms with Gasteiger partial charge in [0.2, 0.25) is 0 Å². The molecule has 0 aromatic rings. The van der Waals surface area contributed by atoms with E-state index in [9.17, 15) is 4.79 Å². The van der Waals surface area contributed by atoms with Crippen molar-refractivity contribution in [2.75, 3.05) is 0 Å². The van der Waals surface area contributed by atoms with E-state index in [0.29, 0.717) is 12.5 Å². The molecule has 0 spiro atoms. The lowest BCUT2D eigenvalue weighted by atomic mass is 9.85. The van der Waals surface area contributed by atoms with Gasteiger partial charge in [0.15, 0.2) is 5.78 Å². The van der Waals surface area contributed by atoms with E-state index in [0.717, 1.165) is 18.8 Å². The van der Waals surface area contributed by atoms with Crippen molar-refractivity contribution >= 4 is 5.78 Å². The van der Waals surface area contributed by atoms with Gasteiger partial charge in [0, 0.05) is 6.42 Å². The zero-order chi connectivity index (χ0) is 11.3. The predicted molar refractivity (Wildman–Crippen MR) is 61.9 cm³/mol. The normalized spacial score (nSPS) is 28.7. The number of carbonyl (C=O) groups is 1. The van der Waals surface area contributed by atoms with Crippen LogP contribution < -0.4 is 0 Å². The summed E-state index contributed by atoms with van der Waals surface area (Å²) in [5.41, 5.74) is 0. The highest BCUT2D eigenvalue weighted by Crippen LogP contribution is 2.29. The van der Waals surface area contributed by atoms with Crippen LogP contribution in [0.1, 0.15) is 59.3 Å². The highest BCUT2D eigenvalue weighted by Gasteiger charge is 2.24. The standard InChI is InChI=1S/C13H24O2/c1-4-11-7-6-8-12(9-11)15-10(3)13(14)5-2/h10-12H,4-9H2,1-3H3. The number of ketones is 1. The van der Waals surface area contributed by atoms with E-state index < -0.39 is 0 Å². The monoisotopic (exact) mass is 212 g/mol. The van der Waals surface area contributed by atoms with Crippen LogP contribution in [0.15, 0.2) is 0 Å². The van der Waals surface area contributed by atoms with Gasteiger partial charge in [-0.3, -0.25) is 4.79 Å². The van der Waals surface area contributed by atoms with Crippen molar-refractivity contribution in [3.8, 4) is 0 Å². The first kappa shape index (κ1) is 12.7. The highest BCUT2D eigenvalue weighted by atomic mass is 16.5. The second-order valence-corrected chi connectivity index (χ2v) is 4.66. The molecule has 0 heterocycles. The first-order chi connectivity index (χ1) is 7.17. The molecule has 15 heavy (non-hydrogen) atoms. The molecule has 1 saturated carbocycles. The topological polar surface area (TPSA) is 26.3 Å². The van der Waals surface area contributed by atoms with Gasteiger partial charge in [-0.1, -0.05) is 33.1 Å². The van der Waals surface area contributed by atoms with Crippen molar-refractivity contribution in [3.05, 3.63) is 0 Å². The van der Waals surface area contributed by atoms with E-state index in [1.54, 1.807) is 0 Å². The minimum absolute atomic E-state index is 0.199. The first-order valence-electron chi connectivity index (χ1n) is 6.35. The van der Waals surface area contributed by atoms with E-state index in [1.165, 1.54) is 19.3 Å². The zero-order valence-corrected chi connectivity index (χ0v) is 10.3. The maximum atomic E-state index is 11.4. The molecular weight excluding hydrogens is 188 g/mol. The molecule has 0 aromatic heterocycles. The van der Waals surface area contributed by atoms with Gasteiger partial charge in [-0.05, 0) is 25.7 Å². The molecule has 88 valence electrons. The molecule has 2 heteroatoms. The third kappa shape index (κ3) is 3.94. The molecule has 1 rings (SSSR count). The van der Waals surface area contributed by atoms with Gasteiger partial charge in [-0.25, -0.2) is 0 Å². The maximum Gasteiger partial charge on any atom is 0.161 e. The second kappa shape index (κ2) is 6.26. The van der Waals surface area contributed by atoms with Crippen LogP contribution >= 0.6 is 0 Å². The molecule has 0 amide bonds. The van der Waals surface area contributed by atoms with Gasteiger partial charge in [0.25, 0.3) is 0 Å². The Bertz CT molecular complexity index is 201. The average molecular weight is 212 g/mol. The predicted octanol–water partition coefficient (Wildman–Crippen LogP) is 3.34. The van der Waals surface area contributed by atoms with Crippen LogP contribution in [-0.2, 0) is 9.53 Å². The first-order valence-corrected chi connectivity index (χ1v) is 6.35. The molecule has 2 nitrogen and oxygen atoms in total. The van der Waals surface area contributed by atoms with Gasteiger partial charge < -0.3 is 4.74 Å². The van der Waals surface area contributed by atoms with Crippen molar-refractivity contribution in [3.63, 3.8) is 0 Å². The Morgan fingerprint density at radius 1 is 1.40 bits per heavy atom. The van der Waals surface area contributed by atoms with Gasteiger partial charge in [0.1, 0.15) is 6.10 Å². The minimum atomic E-state index is -0.199. The summed E-state index contributed by atoms with van der Waals surface area (Å²) < 4.78 is 5.83. The van der Waals surface area contributed by atoms with Crippen LogP contribution in [0.25, 0.3) is 0 Å². The molecule has 0 saturated heterocycles. The fourth-order valence-corrected chi connectivity index (χ4v) is 2.39. The fraction of sp³-hybridized carbons (Fsp3) is 0.923. The molecule has 1 aliphatic rings. The zero-order valence-electron chi connectivity index (χ0n) is 10.3. The maximum absolute atomic E-state index is 11.4. The van der Waals surface area contributed by atoms with E-state index in [2.05, 4.69) is 6.92 Å². The molecule has 1 fully saturated rings. The Morgan fingerprint density at radius 3 is 2.73 bits per heavy atom. The number of hydrogen-bond donors (Lipinski definition) is 0. The van der Waals surface area contributed by atoms with Gasteiger partial charge in [-0.2, -0.15) is 0 Å². The van der Waals surface area contributed by atoms with Gasteiger partial charge >= 0.3 is 0 Å². The smallest absolute Gasteiger partial charge is 0.161 e. The molecule has 0 N–H and O–H groups in total.